The first-order valence-corrected chi connectivity index (χ1v) is 8.24. The minimum absolute atomic E-state index is 0.0672. The van der Waals surface area contributed by atoms with Gasteiger partial charge in [-0.3, -0.25) is 0 Å². The smallest absolute Gasteiger partial charge is 0.213 e. The summed E-state index contributed by atoms with van der Waals surface area (Å²) in [6.07, 6.45) is 1.49. The molecule has 3 rings (SSSR count). The van der Waals surface area contributed by atoms with Crippen molar-refractivity contribution >= 4 is 23.2 Å². The van der Waals surface area contributed by atoms with Crippen LogP contribution in [0.2, 0.25) is 10.0 Å². The second-order valence-corrected chi connectivity index (χ2v) is 6.58. The average molecular weight is 355 g/mol. The molecule has 122 valence electrons. The van der Waals surface area contributed by atoms with Crippen LogP contribution in [0.4, 0.5) is 4.39 Å². The van der Waals surface area contributed by atoms with Crippen LogP contribution in [-0.4, -0.2) is 24.2 Å². The summed E-state index contributed by atoms with van der Waals surface area (Å²) in [5.74, 6) is 0.537. The molecule has 6 heteroatoms. The van der Waals surface area contributed by atoms with Gasteiger partial charge in [0.05, 0.1) is 10.0 Å². The summed E-state index contributed by atoms with van der Waals surface area (Å²) in [4.78, 5) is 4.16. The van der Waals surface area contributed by atoms with E-state index < -0.39 is 0 Å². The van der Waals surface area contributed by atoms with Gasteiger partial charge < -0.3 is 10.1 Å². The van der Waals surface area contributed by atoms with Gasteiger partial charge in [-0.05, 0) is 30.7 Å². The standard InChI is InChI=1S/C17H17Cl2FN2O/c1-10(23-17-5-3-12(18)7-22-17)13-8-21-9-14(13)11-2-4-15(19)16(20)6-11/h2-7,10,13-14,21H,8-9H2,1H3/t10-,13+,14+/m0/s1. The van der Waals surface area contributed by atoms with E-state index in [9.17, 15) is 4.39 Å². The summed E-state index contributed by atoms with van der Waals surface area (Å²) in [5.41, 5.74) is 0.932. The molecule has 1 saturated heterocycles. The zero-order valence-electron chi connectivity index (χ0n) is 12.6. The Morgan fingerprint density at radius 3 is 2.78 bits per heavy atom. The van der Waals surface area contributed by atoms with Gasteiger partial charge in [-0.2, -0.15) is 0 Å². The van der Waals surface area contributed by atoms with Gasteiger partial charge in [-0.25, -0.2) is 9.37 Å². The summed E-state index contributed by atoms with van der Waals surface area (Å²) in [7, 11) is 0. The molecule has 23 heavy (non-hydrogen) atoms. The van der Waals surface area contributed by atoms with Crippen molar-refractivity contribution in [2.75, 3.05) is 13.1 Å². The van der Waals surface area contributed by atoms with Crippen molar-refractivity contribution in [3.8, 4) is 5.88 Å². The van der Waals surface area contributed by atoms with Crippen LogP contribution in [0.3, 0.4) is 0 Å². The van der Waals surface area contributed by atoms with Gasteiger partial charge in [0.15, 0.2) is 0 Å². The van der Waals surface area contributed by atoms with Gasteiger partial charge in [-0.1, -0.05) is 29.3 Å². The molecular formula is C17H17Cl2FN2O. The number of ether oxygens (including phenoxy) is 1. The van der Waals surface area contributed by atoms with E-state index in [1.54, 1.807) is 24.4 Å². The Morgan fingerprint density at radius 2 is 2.09 bits per heavy atom. The van der Waals surface area contributed by atoms with Gasteiger partial charge in [0.2, 0.25) is 5.88 Å². The van der Waals surface area contributed by atoms with E-state index in [1.165, 1.54) is 6.07 Å². The third-order valence-corrected chi connectivity index (χ3v) is 4.77. The minimum atomic E-state index is -0.386. The molecule has 2 aromatic rings. The Kier molecular flexibility index (Phi) is 5.05. The van der Waals surface area contributed by atoms with Gasteiger partial charge in [0.1, 0.15) is 11.9 Å². The Labute approximate surface area is 144 Å². The highest BCUT2D eigenvalue weighted by atomic mass is 35.5. The average Bonchev–Trinajstić information content (AvgIpc) is 3.02. The second-order valence-electron chi connectivity index (χ2n) is 5.74. The third-order valence-electron chi connectivity index (χ3n) is 4.24. The highest BCUT2D eigenvalue weighted by molar-refractivity contribution is 6.30. The Balaban J connectivity index is 1.75. The summed E-state index contributed by atoms with van der Waals surface area (Å²) >= 11 is 11.6. The molecule has 3 atom stereocenters. The number of hydrogen-bond acceptors (Lipinski definition) is 3. The SMILES string of the molecule is C[C@H](Oc1ccc(Cl)cn1)[C@H]1CNC[C@@H]1c1ccc(Cl)c(F)c1. The number of halogens is 3. The topological polar surface area (TPSA) is 34.1 Å². The summed E-state index contributed by atoms with van der Waals surface area (Å²) in [5, 5.41) is 4.07. The molecule has 0 amide bonds. The Morgan fingerprint density at radius 1 is 1.26 bits per heavy atom. The maximum atomic E-state index is 13.7. The first-order valence-electron chi connectivity index (χ1n) is 7.48. The molecule has 0 saturated carbocycles. The Bertz CT molecular complexity index is 681. The molecule has 0 radical (unpaired) electrons. The van der Waals surface area contributed by atoms with Crippen LogP contribution >= 0.6 is 23.2 Å². The summed E-state index contributed by atoms with van der Waals surface area (Å²) < 4.78 is 19.7. The van der Waals surface area contributed by atoms with E-state index in [0.29, 0.717) is 10.9 Å². The molecule has 1 aromatic heterocycles. The predicted octanol–water partition coefficient (Wildman–Crippen LogP) is 4.30. The number of pyridine rings is 1. The van der Waals surface area contributed by atoms with Crippen molar-refractivity contribution in [3.05, 3.63) is 58.0 Å². The number of hydrogen-bond donors (Lipinski definition) is 1. The normalized spacial score (nSPS) is 22.1. The lowest BCUT2D eigenvalue weighted by atomic mass is 9.85. The molecule has 0 bridgehead atoms. The van der Waals surface area contributed by atoms with Crippen LogP contribution in [0.25, 0.3) is 0 Å². The lowest BCUT2D eigenvalue weighted by Crippen LogP contribution is -2.29. The maximum absolute atomic E-state index is 13.7. The van der Waals surface area contributed by atoms with E-state index >= 15 is 0 Å². The van der Waals surface area contributed by atoms with Crippen molar-refractivity contribution in [2.45, 2.75) is 18.9 Å². The molecule has 2 heterocycles. The number of rotatable bonds is 4. The Hall–Kier alpha value is -1.36. The van der Waals surface area contributed by atoms with Crippen LogP contribution in [0.1, 0.15) is 18.4 Å². The van der Waals surface area contributed by atoms with Crippen LogP contribution in [0.5, 0.6) is 5.88 Å². The van der Waals surface area contributed by atoms with Crippen molar-refractivity contribution in [2.24, 2.45) is 5.92 Å². The molecular weight excluding hydrogens is 338 g/mol. The van der Waals surface area contributed by atoms with Crippen LogP contribution in [0.15, 0.2) is 36.5 Å². The largest absolute Gasteiger partial charge is 0.474 e. The number of benzene rings is 1. The summed E-state index contributed by atoms with van der Waals surface area (Å²) in [6, 6.07) is 8.49. The van der Waals surface area contributed by atoms with E-state index in [2.05, 4.69) is 10.3 Å². The van der Waals surface area contributed by atoms with Crippen molar-refractivity contribution < 1.29 is 9.13 Å². The molecule has 0 unspecified atom stereocenters. The first kappa shape index (κ1) is 16.5. The fourth-order valence-electron chi connectivity index (χ4n) is 3.01. The van der Waals surface area contributed by atoms with Crippen LogP contribution in [-0.2, 0) is 0 Å². The van der Waals surface area contributed by atoms with Crippen LogP contribution < -0.4 is 10.1 Å². The first-order chi connectivity index (χ1) is 11.0. The van der Waals surface area contributed by atoms with E-state index in [0.717, 1.165) is 18.7 Å². The molecule has 1 N–H and O–H groups in total. The third kappa shape index (κ3) is 3.77. The number of aromatic nitrogens is 1. The highest BCUT2D eigenvalue weighted by Crippen LogP contribution is 2.33. The molecule has 0 spiro atoms. The van der Waals surface area contributed by atoms with Crippen molar-refractivity contribution in [1.82, 2.24) is 10.3 Å². The van der Waals surface area contributed by atoms with Gasteiger partial charge in [-0.15, -0.1) is 0 Å². The molecule has 0 aliphatic carbocycles. The second kappa shape index (κ2) is 7.04. The monoisotopic (exact) mass is 354 g/mol. The molecule has 3 nitrogen and oxygen atoms in total. The zero-order chi connectivity index (χ0) is 16.4. The van der Waals surface area contributed by atoms with Gasteiger partial charge >= 0.3 is 0 Å². The fourth-order valence-corrected chi connectivity index (χ4v) is 3.24. The fraction of sp³-hybridized carbons (Fsp3) is 0.353. The van der Waals surface area contributed by atoms with E-state index in [-0.39, 0.29) is 28.8 Å². The molecule has 1 fully saturated rings. The van der Waals surface area contributed by atoms with E-state index in [4.69, 9.17) is 27.9 Å². The summed E-state index contributed by atoms with van der Waals surface area (Å²) in [6.45, 7) is 3.60. The molecule has 1 aromatic carbocycles. The lowest BCUT2D eigenvalue weighted by Gasteiger charge is -2.25. The molecule has 1 aliphatic heterocycles. The van der Waals surface area contributed by atoms with Crippen LogP contribution in [0, 0.1) is 11.7 Å². The predicted molar refractivity (Wildman–Crippen MR) is 89.8 cm³/mol. The van der Waals surface area contributed by atoms with Gasteiger partial charge in [0.25, 0.3) is 0 Å². The highest BCUT2D eigenvalue weighted by Gasteiger charge is 2.34. The maximum Gasteiger partial charge on any atom is 0.213 e. The number of nitrogens with zero attached hydrogens (tertiary/aromatic N) is 1. The lowest BCUT2D eigenvalue weighted by molar-refractivity contribution is 0.145. The zero-order valence-corrected chi connectivity index (χ0v) is 14.1. The van der Waals surface area contributed by atoms with Crippen molar-refractivity contribution in [3.63, 3.8) is 0 Å². The van der Waals surface area contributed by atoms with E-state index in [1.807, 2.05) is 13.0 Å². The minimum Gasteiger partial charge on any atom is -0.474 e. The quantitative estimate of drug-likeness (QED) is 0.888. The number of nitrogens with one attached hydrogen (secondary N) is 1. The molecule has 1 aliphatic rings. The van der Waals surface area contributed by atoms with Gasteiger partial charge in [0, 0.05) is 37.2 Å². The van der Waals surface area contributed by atoms with Crippen molar-refractivity contribution in [1.29, 1.82) is 0 Å².